The average molecular weight is 417 g/mol. The van der Waals surface area contributed by atoms with Gasteiger partial charge in [-0.2, -0.15) is 0 Å². The summed E-state index contributed by atoms with van der Waals surface area (Å²) in [4.78, 5) is 14.4. The van der Waals surface area contributed by atoms with E-state index in [1.807, 2.05) is 43.0 Å². The summed E-state index contributed by atoms with van der Waals surface area (Å²) in [6.07, 6.45) is 4.84. The Balaban J connectivity index is 1.91. The van der Waals surface area contributed by atoms with Gasteiger partial charge in [-0.15, -0.1) is 10.2 Å². The molecule has 6 nitrogen and oxygen atoms in total. The van der Waals surface area contributed by atoms with Crippen molar-refractivity contribution in [2.24, 2.45) is 5.92 Å². The molecule has 1 aromatic carbocycles. The second-order valence-corrected chi connectivity index (χ2v) is 8.53. The number of hydrogen-bond donors (Lipinski definition) is 0. The Kier molecular flexibility index (Phi) is 7.58. The molecule has 2 atom stereocenters. The first kappa shape index (κ1) is 21.7. The molecular formula is C22H32N4O2S. The molecule has 1 fully saturated rings. The minimum atomic E-state index is 0.150. The summed E-state index contributed by atoms with van der Waals surface area (Å²) in [5, 5.41) is 9.89. The van der Waals surface area contributed by atoms with Gasteiger partial charge in [-0.1, -0.05) is 31.5 Å². The SMILES string of the molecule is CCN(CC)C(=O)CSc1nnc(-c2ccc(OC)cc2)n1[C@H]1CCCC[C@@H]1C. The van der Waals surface area contributed by atoms with E-state index in [1.165, 1.54) is 31.0 Å². The van der Waals surface area contributed by atoms with Crippen LogP contribution in [0.5, 0.6) is 5.75 Å². The molecule has 1 aliphatic rings. The number of ether oxygens (including phenoxy) is 1. The largest absolute Gasteiger partial charge is 0.497 e. The molecule has 3 rings (SSSR count). The lowest BCUT2D eigenvalue weighted by Gasteiger charge is -2.31. The Morgan fingerprint density at radius 1 is 1.17 bits per heavy atom. The van der Waals surface area contributed by atoms with Crippen LogP contribution in [-0.4, -0.2) is 51.5 Å². The molecule has 7 heteroatoms. The van der Waals surface area contributed by atoms with Crippen LogP contribution in [0.3, 0.4) is 0 Å². The number of aromatic nitrogens is 3. The second-order valence-electron chi connectivity index (χ2n) is 7.59. The van der Waals surface area contributed by atoms with Crippen LogP contribution in [0.4, 0.5) is 0 Å². The van der Waals surface area contributed by atoms with Crippen LogP contribution >= 0.6 is 11.8 Å². The fourth-order valence-corrected chi connectivity index (χ4v) is 4.98. The summed E-state index contributed by atoms with van der Waals surface area (Å²) >= 11 is 1.51. The minimum absolute atomic E-state index is 0.150. The van der Waals surface area contributed by atoms with Gasteiger partial charge >= 0.3 is 0 Å². The van der Waals surface area contributed by atoms with Gasteiger partial charge in [-0.3, -0.25) is 9.36 Å². The van der Waals surface area contributed by atoms with Crippen LogP contribution in [0.15, 0.2) is 29.4 Å². The van der Waals surface area contributed by atoms with Crippen molar-refractivity contribution < 1.29 is 9.53 Å². The van der Waals surface area contributed by atoms with Crippen molar-refractivity contribution in [1.29, 1.82) is 0 Å². The van der Waals surface area contributed by atoms with Gasteiger partial charge in [0.25, 0.3) is 0 Å². The van der Waals surface area contributed by atoms with Gasteiger partial charge < -0.3 is 9.64 Å². The molecule has 1 aliphatic carbocycles. The molecule has 29 heavy (non-hydrogen) atoms. The zero-order valence-electron chi connectivity index (χ0n) is 17.9. The van der Waals surface area contributed by atoms with Crippen molar-refractivity contribution in [3.8, 4) is 17.1 Å². The molecule has 1 aromatic heterocycles. The Bertz CT molecular complexity index is 802. The Hall–Kier alpha value is -2.02. The summed E-state index contributed by atoms with van der Waals surface area (Å²) in [5.74, 6) is 2.81. The van der Waals surface area contributed by atoms with Crippen LogP contribution in [0.1, 0.15) is 52.5 Å². The topological polar surface area (TPSA) is 60.3 Å². The lowest BCUT2D eigenvalue weighted by Crippen LogP contribution is -2.32. The molecule has 0 bridgehead atoms. The Labute approximate surface area is 178 Å². The van der Waals surface area contributed by atoms with E-state index in [-0.39, 0.29) is 5.91 Å². The standard InChI is InChI=1S/C22H32N4O2S/c1-5-25(6-2)20(27)15-29-22-24-23-21(17-11-13-18(28-4)14-12-17)26(22)19-10-8-7-9-16(19)3/h11-14,16,19H,5-10,15H2,1-4H3/t16-,19-/m0/s1. The predicted molar refractivity (Wildman–Crippen MR) is 117 cm³/mol. The number of carbonyl (C=O) groups excluding carboxylic acids is 1. The Morgan fingerprint density at radius 2 is 1.86 bits per heavy atom. The number of hydrogen-bond acceptors (Lipinski definition) is 5. The lowest BCUT2D eigenvalue weighted by atomic mass is 9.85. The van der Waals surface area contributed by atoms with Gasteiger partial charge in [0.05, 0.1) is 12.9 Å². The van der Waals surface area contributed by atoms with E-state index < -0.39 is 0 Å². The van der Waals surface area contributed by atoms with Crippen molar-refractivity contribution >= 4 is 17.7 Å². The molecule has 0 aliphatic heterocycles. The number of carbonyl (C=O) groups is 1. The number of benzene rings is 1. The van der Waals surface area contributed by atoms with Crippen molar-refractivity contribution in [1.82, 2.24) is 19.7 Å². The number of rotatable bonds is 8. The van der Waals surface area contributed by atoms with Gasteiger partial charge in [-0.25, -0.2) is 0 Å². The molecule has 158 valence electrons. The molecule has 0 saturated heterocycles. The first-order valence-electron chi connectivity index (χ1n) is 10.6. The van der Waals surface area contributed by atoms with Crippen molar-refractivity contribution in [2.75, 3.05) is 26.0 Å². The molecule has 0 spiro atoms. The van der Waals surface area contributed by atoms with Crippen molar-refractivity contribution in [3.63, 3.8) is 0 Å². The smallest absolute Gasteiger partial charge is 0.233 e. The maximum Gasteiger partial charge on any atom is 0.233 e. The van der Waals surface area contributed by atoms with E-state index in [2.05, 4.69) is 21.7 Å². The van der Waals surface area contributed by atoms with E-state index in [0.29, 0.717) is 17.7 Å². The average Bonchev–Trinajstić information content (AvgIpc) is 3.17. The van der Waals surface area contributed by atoms with Gasteiger partial charge in [0.1, 0.15) is 5.75 Å². The van der Waals surface area contributed by atoms with E-state index in [0.717, 1.165) is 41.8 Å². The van der Waals surface area contributed by atoms with Gasteiger partial charge in [0.2, 0.25) is 5.91 Å². The summed E-state index contributed by atoms with van der Waals surface area (Å²) in [5.41, 5.74) is 1.03. The normalized spacial score (nSPS) is 19.2. The van der Waals surface area contributed by atoms with E-state index in [1.54, 1.807) is 7.11 Å². The number of methoxy groups -OCH3 is 1. The zero-order valence-corrected chi connectivity index (χ0v) is 18.7. The number of thioether (sulfide) groups is 1. The highest BCUT2D eigenvalue weighted by Crippen LogP contribution is 2.39. The predicted octanol–water partition coefficient (Wildman–Crippen LogP) is 4.67. The molecule has 0 unspecified atom stereocenters. The first-order valence-corrected chi connectivity index (χ1v) is 11.6. The van der Waals surface area contributed by atoms with Crippen molar-refractivity contribution in [3.05, 3.63) is 24.3 Å². The summed E-state index contributed by atoms with van der Waals surface area (Å²) in [6, 6.07) is 8.33. The van der Waals surface area contributed by atoms with Crippen LogP contribution in [0.2, 0.25) is 0 Å². The van der Waals surface area contributed by atoms with Crippen LogP contribution in [-0.2, 0) is 4.79 Å². The highest BCUT2D eigenvalue weighted by atomic mass is 32.2. The van der Waals surface area contributed by atoms with Crippen LogP contribution in [0, 0.1) is 5.92 Å². The molecule has 2 aromatic rings. The van der Waals surface area contributed by atoms with E-state index in [9.17, 15) is 4.79 Å². The number of amides is 1. The monoisotopic (exact) mass is 416 g/mol. The molecule has 1 saturated carbocycles. The highest BCUT2D eigenvalue weighted by molar-refractivity contribution is 7.99. The molecule has 1 heterocycles. The molecule has 0 N–H and O–H groups in total. The second kappa shape index (κ2) is 10.1. The fourth-order valence-electron chi connectivity index (χ4n) is 4.09. The zero-order chi connectivity index (χ0) is 20.8. The molecular weight excluding hydrogens is 384 g/mol. The summed E-state index contributed by atoms with van der Waals surface area (Å²) in [7, 11) is 1.67. The third-order valence-electron chi connectivity index (χ3n) is 5.85. The lowest BCUT2D eigenvalue weighted by molar-refractivity contribution is -0.127. The first-order chi connectivity index (χ1) is 14.1. The quantitative estimate of drug-likeness (QED) is 0.586. The van der Waals surface area contributed by atoms with Gasteiger partial charge in [-0.05, 0) is 56.9 Å². The fraction of sp³-hybridized carbons (Fsp3) is 0.591. The van der Waals surface area contributed by atoms with Gasteiger partial charge in [0, 0.05) is 24.7 Å². The number of nitrogens with zero attached hydrogens (tertiary/aromatic N) is 4. The minimum Gasteiger partial charge on any atom is -0.497 e. The van der Waals surface area contributed by atoms with Crippen LogP contribution in [0.25, 0.3) is 11.4 Å². The Morgan fingerprint density at radius 3 is 2.48 bits per heavy atom. The van der Waals surface area contributed by atoms with E-state index >= 15 is 0 Å². The molecule has 0 radical (unpaired) electrons. The third kappa shape index (κ3) is 4.94. The highest BCUT2D eigenvalue weighted by Gasteiger charge is 2.29. The summed E-state index contributed by atoms with van der Waals surface area (Å²) in [6.45, 7) is 7.82. The third-order valence-corrected chi connectivity index (χ3v) is 6.78. The van der Waals surface area contributed by atoms with Crippen molar-refractivity contribution in [2.45, 2.75) is 57.7 Å². The van der Waals surface area contributed by atoms with Gasteiger partial charge in [0.15, 0.2) is 11.0 Å². The molecule has 1 amide bonds. The summed E-state index contributed by atoms with van der Waals surface area (Å²) < 4.78 is 7.58. The van der Waals surface area contributed by atoms with Crippen LogP contribution < -0.4 is 4.74 Å². The maximum absolute atomic E-state index is 12.5. The van der Waals surface area contributed by atoms with E-state index in [4.69, 9.17) is 4.74 Å². The maximum atomic E-state index is 12.5.